The van der Waals surface area contributed by atoms with Crippen molar-refractivity contribution < 1.29 is 15.0 Å². The van der Waals surface area contributed by atoms with Gasteiger partial charge in [0.1, 0.15) is 11.8 Å². The second-order valence-electron chi connectivity index (χ2n) is 4.10. The molecule has 0 heterocycles. The van der Waals surface area contributed by atoms with Crippen LogP contribution in [-0.4, -0.2) is 22.2 Å². The predicted molar refractivity (Wildman–Crippen MR) is 76.5 cm³/mol. The molecule has 0 amide bonds. The van der Waals surface area contributed by atoms with Crippen molar-refractivity contribution in [2.45, 2.75) is 39.2 Å². The lowest BCUT2D eigenvalue weighted by atomic mass is 9.92. The third-order valence-electron chi connectivity index (χ3n) is 2.92. The number of carboxylic acid groups (broad SMARTS) is 1. The summed E-state index contributed by atoms with van der Waals surface area (Å²) in [5.74, 6) is -0.770. The fourth-order valence-corrected chi connectivity index (χ4v) is 1.98. The summed E-state index contributed by atoms with van der Waals surface area (Å²) in [6.07, 6.45) is 1.81. The van der Waals surface area contributed by atoms with Gasteiger partial charge >= 0.3 is 5.97 Å². The highest BCUT2D eigenvalue weighted by Crippen LogP contribution is 2.24. The number of carbonyl (C=O) groups is 1. The molecule has 4 nitrogen and oxygen atoms in total. The van der Waals surface area contributed by atoms with Crippen molar-refractivity contribution in [3.05, 3.63) is 28.8 Å². The Hall–Kier alpha value is -1.07. The minimum atomic E-state index is -0.998. The molecule has 0 aliphatic rings. The maximum Gasteiger partial charge on any atom is 0.320 e. The van der Waals surface area contributed by atoms with Gasteiger partial charge in [-0.1, -0.05) is 13.8 Å². The number of hydrogen-bond donors (Lipinski definition) is 3. The minimum absolute atomic E-state index is 0. The molecular weight excluding hydrogens is 298 g/mol. The van der Waals surface area contributed by atoms with Gasteiger partial charge in [-0.15, -0.1) is 17.0 Å². The molecule has 5 heteroatoms. The molecule has 102 valence electrons. The van der Waals surface area contributed by atoms with Crippen LogP contribution >= 0.6 is 17.0 Å². The van der Waals surface area contributed by atoms with Crippen LogP contribution in [0.25, 0.3) is 0 Å². The largest absolute Gasteiger partial charge is 0.508 e. The molecule has 0 bridgehead atoms. The molecule has 1 unspecified atom stereocenters. The maximum atomic E-state index is 10.8. The highest BCUT2D eigenvalue weighted by atomic mass is 79.9. The standard InChI is InChI=1S/C13H19NO3.BrH/c1-3-8-5-10(15)6-9(4-2)11(8)7-12(14)13(16)17;/h5-6,12,15H,3-4,7,14H2,1-2H3,(H,16,17);1H. The number of aliphatic carboxylic acids is 1. The number of aromatic hydroxyl groups is 1. The lowest BCUT2D eigenvalue weighted by Crippen LogP contribution is -2.33. The van der Waals surface area contributed by atoms with Gasteiger partial charge in [0.2, 0.25) is 0 Å². The Morgan fingerprint density at radius 1 is 1.28 bits per heavy atom. The number of nitrogens with two attached hydrogens (primary N) is 1. The average Bonchev–Trinajstić information content (AvgIpc) is 2.30. The maximum absolute atomic E-state index is 10.8. The fraction of sp³-hybridized carbons (Fsp3) is 0.462. The first-order chi connectivity index (χ1) is 7.99. The van der Waals surface area contributed by atoms with E-state index >= 15 is 0 Å². The van der Waals surface area contributed by atoms with Gasteiger partial charge in [0, 0.05) is 0 Å². The molecule has 1 rings (SSSR count). The number of phenols is 1. The summed E-state index contributed by atoms with van der Waals surface area (Å²) in [5, 5.41) is 18.4. The van der Waals surface area contributed by atoms with Crippen LogP contribution in [0.1, 0.15) is 30.5 Å². The van der Waals surface area contributed by atoms with E-state index < -0.39 is 12.0 Å². The Morgan fingerprint density at radius 3 is 2.06 bits per heavy atom. The smallest absolute Gasteiger partial charge is 0.320 e. The number of aryl methyl sites for hydroxylation is 2. The monoisotopic (exact) mass is 317 g/mol. The normalized spacial score (nSPS) is 11.7. The molecule has 1 atom stereocenters. The van der Waals surface area contributed by atoms with Crippen LogP contribution in [0.15, 0.2) is 12.1 Å². The molecular formula is C13H20BrNO3. The summed E-state index contributed by atoms with van der Waals surface area (Å²) in [6.45, 7) is 3.95. The van der Waals surface area contributed by atoms with Crippen molar-refractivity contribution in [3.8, 4) is 5.75 Å². The number of benzene rings is 1. The van der Waals surface area contributed by atoms with E-state index in [0.717, 1.165) is 29.5 Å². The van der Waals surface area contributed by atoms with Crippen molar-refractivity contribution >= 4 is 23.0 Å². The van der Waals surface area contributed by atoms with E-state index in [1.54, 1.807) is 12.1 Å². The molecule has 0 aromatic heterocycles. The van der Waals surface area contributed by atoms with E-state index in [1.807, 2.05) is 13.8 Å². The molecule has 18 heavy (non-hydrogen) atoms. The molecule has 4 N–H and O–H groups in total. The molecule has 1 aromatic carbocycles. The number of rotatable bonds is 5. The molecule has 0 saturated carbocycles. The van der Waals surface area contributed by atoms with Crippen molar-refractivity contribution in [2.24, 2.45) is 5.73 Å². The lowest BCUT2D eigenvalue weighted by Gasteiger charge is -2.16. The van der Waals surface area contributed by atoms with Crippen LogP contribution in [0.3, 0.4) is 0 Å². The summed E-state index contributed by atoms with van der Waals surface area (Å²) >= 11 is 0. The minimum Gasteiger partial charge on any atom is -0.508 e. The third-order valence-corrected chi connectivity index (χ3v) is 2.92. The second-order valence-corrected chi connectivity index (χ2v) is 4.10. The Kier molecular flexibility index (Phi) is 6.94. The summed E-state index contributed by atoms with van der Waals surface area (Å²) in [4.78, 5) is 10.8. The lowest BCUT2D eigenvalue weighted by molar-refractivity contribution is -0.138. The summed E-state index contributed by atoms with van der Waals surface area (Å²) in [5.41, 5.74) is 8.47. The molecule has 1 aromatic rings. The van der Waals surface area contributed by atoms with Gasteiger partial charge in [0.05, 0.1) is 0 Å². The van der Waals surface area contributed by atoms with Gasteiger partial charge < -0.3 is 15.9 Å². The topological polar surface area (TPSA) is 83.5 Å². The first-order valence-corrected chi connectivity index (χ1v) is 5.81. The second kappa shape index (κ2) is 7.38. The quantitative estimate of drug-likeness (QED) is 0.776. The summed E-state index contributed by atoms with van der Waals surface area (Å²) in [7, 11) is 0. The van der Waals surface area contributed by atoms with Crippen LogP contribution in [0.4, 0.5) is 0 Å². The molecule has 0 radical (unpaired) electrons. The molecule has 0 saturated heterocycles. The van der Waals surface area contributed by atoms with E-state index in [-0.39, 0.29) is 22.7 Å². The van der Waals surface area contributed by atoms with Crippen LogP contribution in [0.5, 0.6) is 5.75 Å². The van der Waals surface area contributed by atoms with Gasteiger partial charge in [-0.3, -0.25) is 4.79 Å². The zero-order valence-corrected chi connectivity index (χ0v) is 12.4. The van der Waals surface area contributed by atoms with Gasteiger partial charge in [-0.2, -0.15) is 0 Å². The molecule has 0 aliphatic heterocycles. The molecule has 0 spiro atoms. The Balaban J connectivity index is 0.00000289. The van der Waals surface area contributed by atoms with Crippen LogP contribution in [-0.2, 0) is 24.1 Å². The van der Waals surface area contributed by atoms with Crippen LogP contribution < -0.4 is 5.73 Å². The van der Waals surface area contributed by atoms with E-state index in [0.29, 0.717) is 6.42 Å². The van der Waals surface area contributed by atoms with E-state index in [4.69, 9.17) is 10.8 Å². The molecule has 0 aliphatic carbocycles. The third kappa shape index (κ3) is 3.99. The average molecular weight is 318 g/mol. The van der Waals surface area contributed by atoms with Crippen LogP contribution in [0, 0.1) is 0 Å². The molecule has 0 fully saturated rings. The zero-order chi connectivity index (χ0) is 13.0. The zero-order valence-electron chi connectivity index (χ0n) is 10.6. The van der Waals surface area contributed by atoms with Gasteiger partial charge in [0.15, 0.2) is 0 Å². The SMILES string of the molecule is Br.CCc1cc(O)cc(CC)c1CC(N)C(=O)O. The highest BCUT2D eigenvalue weighted by Gasteiger charge is 2.17. The van der Waals surface area contributed by atoms with E-state index in [2.05, 4.69) is 0 Å². The Labute approximate surface area is 118 Å². The van der Waals surface area contributed by atoms with Crippen molar-refractivity contribution in [1.29, 1.82) is 0 Å². The van der Waals surface area contributed by atoms with Crippen molar-refractivity contribution in [2.75, 3.05) is 0 Å². The number of halogens is 1. The van der Waals surface area contributed by atoms with E-state index in [9.17, 15) is 9.90 Å². The predicted octanol–water partition coefficient (Wildman–Crippen LogP) is 2.05. The van der Waals surface area contributed by atoms with Crippen molar-refractivity contribution in [1.82, 2.24) is 0 Å². The number of hydrogen-bond acceptors (Lipinski definition) is 3. The Morgan fingerprint density at radius 2 is 1.72 bits per heavy atom. The summed E-state index contributed by atoms with van der Waals surface area (Å²) in [6, 6.07) is 2.47. The number of carboxylic acids is 1. The van der Waals surface area contributed by atoms with Crippen molar-refractivity contribution in [3.63, 3.8) is 0 Å². The van der Waals surface area contributed by atoms with Crippen LogP contribution in [0.2, 0.25) is 0 Å². The van der Waals surface area contributed by atoms with Gasteiger partial charge in [-0.05, 0) is 48.1 Å². The fourth-order valence-electron chi connectivity index (χ4n) is 1.98. The highest BCUT2D eigenvalue weighted by molar-refractivity contribution is 8.93. The van der Waals surface area contributed by atoms with E-state index in [1.165, 1.54) is 0 Å². The first-order valence-electron chi connectivity index (χ1n) is 5.81. The first kappa shape index (κ1) is 16.9. The number of phenolic OH excluding ortho intramolecular Hbond substituents is 1. The summed E-state index contributed by atoms with van der Waals surface area (Å²) < 4.78 is 0. The van der Waals surface area contributed by atoms with Gasteiger partial charge in [-0.25, -0.2) is 0 Å². The Bertz CT molecular complexity index is 396. The van der Waals surface area contributed by atoms with Gasteiger partial charge in [0.25, 0.3) is 0 Å².